The van der Waals surface area contributed by atoms with E-state index in [0.29, 0.717) is 31.1 Å². The van der Waals surface area contributed by atoms with Gasteiger partial charge in [0.2, 0.25) is 5.89 Å². The van der Waals surface area contributed by atoms with Crippen LogP contribution in [0, 0.1) is 0 Å². The molecule has 0 radical (unpaired) electrons. The molecule has 0 saturated carbocycles. The first-order valence-corrected chi connectivity index (χ1v) is 6.83. The molecule has 0 unspecified atom stereocenters. The lowest BCUT2D eigenvalue weighted by molar-refractivity contribution is 0.380. The summed E-state index contributed by atoms with van der Waals surface area (Å²) in [5.41, 5.74) is 8.88. The van der Waals surface area contributed by atoms with Crippen LogP contribution in [-0.4, -0.2) is 15.1 Å². The summed E-state index contributed by atoms with van der Waals surface area (Å²) in [6.07, 6.45) is 2.93. The fraction of sp³-hybridized carbons (Fsp3) is 0.188. The van der Waals surface area contributed by atoms with Crippen molar-refractivity contribution in [3.63, 3.8) is 0 Å². The first-order valence-electron chi connectivity index (χ1n) is 6.83. The fourth-order valence-corrected chi connectivity index (χ4v) is 2.19. The van der Waals surface area contributed by atoms with Crippen LogP contribution in [-0.2, 0) is 19.4 Å². The third kappa shape index (κ3) is 3.32. The number of hydrogen-bond acceptors (Lipinski definition) is 5. The molecule has 0 atom stereocenters. The van der Waals surface area contributed by atoms with Crippen molar-refractivity contribution in [1.82, 2.24) is 15.1 Å². The van der Waals surface area contributed by atoms with E-state index in [0.717, 1.165) is 16.8 Å². The Morgan fingerprint density at radius 3 is 2.52 bits per heavy atom. The normalized spacial score (nSPS) is 10.7. The number of nitrogens with zero attached hydrogens (tertiary/aromatic N) is 3. The Kier molecular flexibility index (Phi) is 4.02. The van der Waals surface area contributed by atoms with Gasteiger partial charge in [0, 0.05) is 18.4 Å². The van der Waals surface area contributed by atoms with Gasteiger partial charge in [0.25, 0.3) is 0 Å². The van der Waals surface area contributed by atoms with Gasteiger partial charge in [-0.3, -0.25) is 4.98 Å². The van der Waals surface area contributed by atoms with Gasteiger partial charge < -0.3 is 10.3 Å². The van der Waals surface area contributed by atoms with Crippen LogP contribution in [0.2, 0.25) is 0 Å². The Balaban J connectivity index is 1.73. The van der Waals surface area contributed by atoms with E-state index in [-0.39, 0.29) is 0 Å². The maximum Gasteiger partial charge on any atom is 0.231 e. The summed E-state index contributed by atoms with van der Waals surface area (Å²) in [5.74, 6) is 1.25. The molecule has 5 heteroatoms. The molecule has 1 aromatic carbocycles. The molecule has 3 aromatic rings. The molecule has 21 heavy (non-hydrogen) atoms. The molecule has 0 bridgehead atoms. The van der Waals surface area contributed by atoms with E-state index in [9.17, 15) is 0 Å². The largest absolute Gasteiger partial charge is 0.339 e. The lowest BCUT2D eigenvalue weighted by Crippen LogP contribution is -2.02. The van der Waals surface area contributed by atoms with Crippen LogP contribution in [0.15, 0.2) is 53.2 Å². The van der Waals surface area contributed by atoms with Gasteiger partial charge in [0.1, 0.15) is 0 Å². The van der Waals surface area contributed by atoms with Crippen molar-refractivity contribution in [3.8, 4) is 0 Å². The van der Waals surface area contributed by atoms with Crippen LogP contribution < -0.4 is 5.73 Å². The van der Waals surface area contributed by atoms with Crippen molar-refractivity contribution >= 4 is 0 Å². The molecule has 0 aliphatic carbocycles. The van der Waals surface area contributed by atoms with Crippen molar-refractivity contribution in [2.45, 2.75) is 19.4 Å². The van der Waals surface area contributed by atoms with Gasteiger partial charge in [-0.15, -0.1) is 0 Å². The topological polar surface area (TPSA) is 77.8 Å². The van der Waals surface area contributed by atoms with Gasteiger partial charge in [0.15, 0.2) is 5.82 Å². The number of hydrogen-bond donors (Lipinski definition) is 1. The molecule has 0 spiro atoms. The predicted octanol–water partition coefficient (Wildman–Crippen LogP) is 2.10. The molecule has 3 rings (SSSR count). The van der Waals surface area contributed by atoms with Crippen LogP contribution in [0.4, 0.5) is 0 Å². The minimum atomic E-state index is 0.505. The molecule has 0 fully saturated rings. The number of benzene rings is 1. The second-order valence-corrected chi connectivity index (χ2v) is 4.75. The molecule has 5 nitrogen and oxygen atoms in total. The minimum Gasteiger partial charge on any atom is -0.339 e. The van der Waals surface area contributed by atoms with Gasteiger partial charge in [-0.05, 0) is 23.3 Å². The van der Waals surface area contributed by atoms with Crippen molar-refractivity contribution in [2.75, 3.05) is 0 Å². The highest BCUT2D eigenvalue weighted by molar-refractivity contribution is 5.29. The lowest BCUT2D eigenvalue weighted by atomic mass is 10.0. The van der Waals surface area contributed by atoms with Crippen LogP contribution in [0.25, 0.3) is 0 Å². The van der Waals surface area contributed by atoms with E-state index >= 15 is 0 Å². The Labute approximate surface area is 122 Å². The molecular weight excluding hydrogens is 264 g/mol. The molecule has 0 amide bonds. The molecule has 0 saturated heterocycles. The average molecular weight is 280 g/mol. The summed E-state index contributed by atoms with van der Waals surface area (Å²) in [4.78, 5) is 8.67. The van der Waals surface area contributed by atoms with Gasteiger partial charge in [-0.2, -0.15) is 4.98 Å². The first-order chi connectivity index (χ1) is 10.3. The number of pyridine rings is 1. The Bertz CT molecular complexity index is 709. The molecular formula is C16H16N4O. The highest BCUT2D eigenvalue weighted by Crippen LogP contribution is 2.13. The average Bonchev–Trinajstić information content (AvgIpc) is 2.96. The highest BCUT2D eigenvalue weighted by atomic mass is 16.5. The Morgan fingerprint density at radius 1 is 0.952 bits per heavy atom. The van der Waals surface area contributed by atoms with Crippen molar-refractivity contribution in [2.24, 2.45) is 5.73 Å². The van der Waals surface area contributed by atoms with E-state index in [4.69, 9.17) is 10.3 Å². The zero-order valence-corrected chi connectivity index (χ0v) is 11.6. The molecule has 2 heterocycles. The van der Waals surface area contributed by atoms with Crippen LogP contribution in [0.1, 0.15) is 28.5 Å². The van der Waals surface area contributed by atoms with Crippen LogP contribution in [0.5, 0.6) is 0 Å². The maximum absolute atomic E-state index is 5.74. The molecule has 2 N–H and O–H groups in total. The predicted molar refractivity (Wildman–Crippen MR) is 78.5 cm³/mol. The van der Waals surface area contributed by atoms with Gasteiger partial charge in [0.05, 0.1) is 12.8 Å². The number of aromatic nitrogens is 3. The lowest BCUT2D eigenvalue weighted by Gasteiger charge is -2.03. The van der Waals surface area contributed by atoms with Gasteiger partial charge >= 0.3 is 0 Å². The first kappa shape index (κ1) is 13.5. The summed E-state index contributed by atoms with van der Waals surface area (Å²) in [6.45, 7) is 0.505. The minimum absolute atomic E-state index is 0.505. The van der Waals surface area contributed by atoms with Gasteiger partial charge in [-0.25, -0.2) is 0 Å². The Morgan fingerprint density at radius 2 is 1.76 bits per heavy atom. The van der Waals surface area contributed by atoms with Crippen molar-refractivity contribution in [3.05, 3.63) is 77.2 Å². The van der Waals surface area contributed by atoms with E-state index in [1.165, 1.54) is 0 Å². The van der Waals surface area contributed by atoms with Crippen LogP contribution in [0.3, 0.4) is 0 Å². The van der Waals surface area contributed by atoms with E-state index in [2.05, 4.69) is 15.1 Å². The summed E-state index contributed by atoms with van der Waals surface area (Å²) in [5, 5.41) is 4.01. The number of nitrogens with two attached hydrogens (primary N) is 1. The SMILES string of the molecule is NCc1ccccc1Cc1nc(Cc2ccccn2)no1. The monoisotopic (exact) mass is 280 g/mol. The smallest absolute Gasteiger partial charge is 0.231 e. The zero-order valence-electron chi connectivity index (χ0n) is 11.6. The molecule has 0 aliphatic rings. The fourth-order valence-electron chi connectivity index (χ4n) is 2.19. The quantitative estimate of drug-likeness (QED) is 0.774. The molecule has 106 valence electrons. The number of rotatable bonds is 5. The summed E-state index contributed by atoms with van der Waals surface area (Å²) in [6, 6.07) is 13.8. The third-order valence-electron chi connectivity index (χ3n) is 3.26. The second-order valence-electron chi connectivity index (χ2n) is 4.75. The zero-order chi connectivity index (χ0) is 14.5. The van der Waals surface area contributed by atoms with E-state index in [1.54, 1.807) is 6.20 Å². The second kappa shape index (κ2) is 6.28. The summed E-state index contributed by atoms with van der Waals surface area (Å²) >= 11 is 0. The maximum atomic E-state index is 5.74. The van der Waals surface area contributed by atoms with Crippen molar-refractivity contribution < 1.29 is 4.52 Å². The third-order valence-corrected chi connectivity index (χ3v) is 3.26. The summed E-state index contributed by atoms with van der Waals surface area (Å²) < 4.78 is 5.31. The summed E-state index contributed by atoms with van der Waals surface area (Å²) in [7, 11) is 0. The van der Waals surface area contributed by atoms with Crippen LogP contribution >= 0.6 is 0 Å². The van der Waals surface area contributed by atoms with E-state index in [1.807, 2.05) is 42.5 Å². The van der Waals surface area contributed by atoms with E-state index < -0.39 is 0 Å². The molecule has 0 aliphatic heterocycles. The molecule has 2 aromatic heterocycles. The standard InChI is InChI=1S/C16H16N4O/c17-11-13-6-2-1-5-12(13)9-16-19-15(20-21-16)10-14-7-3-4-8-18-14/h1-8H,9-11,17H2. The van der Waals surface area contributed by atoms with Crippen molar-refractivity contribution in [1.29, 1.82) is 0 Å². The van der Waals surface area contributed by atoms with Gasteiger partial charge in [-0.1, -0.05) is 35.5 Å². The Hall–Kier alpha value is -2.53. The highest BCUT2D eigenvalue weighted by Gasteiger charge is 2.10.